The van der Waals surface area contributed by atoms with Crippen LogP contribution in [0.1, 0.15) is 70.4 Å². The van der Waals surface area contributed by atoms with E-state index in [-0.39, 0.29) is 35.7 Å². The Balaban J connectivity index is 1.72. The Morgan fingerprint density at radius 3 is 2.56 bits per heavy atom. The lowest BCUT2D eigenvalue weighted by atomic mass is 9.47. The van der Waals surface area contributed by atoms with E-state index >= 15 is 0 Å². The normalized spacial score (nSPS) is 33.7. The maximum atomic E-state index is 13.4. The van der Waals surface area contributed by atoms with Crippen LogP contribution in [0.5, 0.6) is 0 Å². The molecule has 1 aromatic rings. The van der Waals surface area contributed by atoms with Crippen molar-refractivity contribution in [1.82, 2.24) is 9.88 Å². The molecule has 5 atom stereocenters. The molecule has 2 heterocycles. The lowest BCUT2D eigenvalue weighted by molar-refractivity contribution is -0.149. The number of rotatable bonds is 4. The van der Waals surface area contributed by atoms with Gasteiger partial charge < -0.3 is 25.2 Å². The minimum atomic E-state index is -0.663. The molecule has 8 nitrogen and oxygen atoms in total. The largest absolute Gasteiger partial charge is 0.396 e. The molecule has 2 fully saturated rings. The molecular formula is C25H39N3O5S. The van der Waals surface area contributed by atoms with E-state index in [0.29, 0.717) is 50.7 Å². The highest BCUT2D eigenvalue weighted by molar-refractivity contribution is 7.15. The van der Waals surface area contributed by atoms with Crippen molar-refractivity contribution < 1.29 is 24.5 Å². The van der Waals surface area contributed by atoms with Crippen LogP contribution in [0.4, 0.5) is 5.13 Å². The first kappa shape index (κ1) is 25.5. The highest BCUT2D eigenvalue weighted by atomic mass is 32.1. The van der Waals surface area contributed by atoms with Gasteiger partial charge in [-0.25, -0.2) is 4.98 Å². The molecule has 2 amide bonds. The van der Waals surface area contributed by atoms with Crippen molar-refractivity contribution >= 4 is 28.3 Å². The number of fused-ring (bicyclic) bond motifs is 2. The van der Waals surface area contributed by atoms with Crippen LogP contribution in [0, 0.1) is 22.2 Å². The van der Waals surface area contributed by atoms with Crippen molar-refractivity contribution in [3.05, 3.63) is 10.6 Å². The van der Waals surface area contributed by atoms with Crippen LogP contribution in [-0.2, 0) is 20.7 Å². The molecule has 34 heavy (non-hydrogen) atoms. The summed E-state index contributed by atoms with van der Waals surface area (Å²) in [6.07, 6.45) is 1.75. The Bertz CT molecular complexity index is 937. The standard InChI is InChI=1S/C25H39N3O5S/c1-23(2,3)21(32)27-22-26-20-15(12-19(31)28-8-10-33-11-9-28)24(4)7-6-18(30)25(5,14-29)17(24)13-16(20)34-22/h15,17-18,29-30H,6-14H2,1-5H3,(H,26,27,32). The van der Waals surface area contributed by atoms with Crippen LogP contribution < -0.4 is 5.32 Å². The number of aliphatic hydroxyl groups is 2. The van der Waals surface area contributed by atoms with Crippen LogP contribution in [0.15, 0.2) is 0 Å². The molecule has 4 rings (SSSR count). The second kappa shape index (κ2) is 9.15. The third kappa shape index (κ3) is 4.40. The maximum Gasteiger partial charge on any atom is 0.231 e. The summed E-state index contributed by atoms with van der Waals surface area (Å²) in [5.41, 5.74) is -0.613. The van der Waals surface area contributed by atoms with Gasteiger partial charge >= 0.3 is 0 Å². The van der Waals surface area contributed by atoms with E-state index in [9.17, 15) is 19.8 Å². The van der Waals surface area contributed by atoms with Crippen molar-refractivity contribution in [2.24, 2.45) is 22.2 Å². The number of hydrogen-bond acceptors (Lipinski definition) is 7. The Labute approximate surface area is 206 Å². The minimum Gasteiger partial charge on any atom is -0.396 e. The minimum absolute atomic E-state index is 0.00430. The van der Waals surface area contributed by atoms with Gasteiger partial charge in [-0.3, -0.25) is 9.59 Å². The zero-order valence-electron chi connectivity index (χ0n) is 21.0. The van der Waals surface area contributed by atoms with Crippen molar-refractivity contribution in [2.45, 2.75) is 72.3 Å². The molecule has 0 spiro atoms. The number of anilines is 1. The Morgan fingerprint density at radius 1 is 1.26 bits per heavy atom. The molecule has 0 aromatic carbocycles. The van der Waals surface area contributed by atoms with Crippen molar-refractivity contribution in [3.8, 4) is 0 Å². The fourth-order valence-electron chi connectivity index (χ4n) is 6.10. The van der Waals surface area contributed by atoms with E-state index in [1.165, 1.54) is 11.3 Å². The van der Waals surface area contributed by atoms with Crippen LogP contribution in [0.2, 0.25) is 0 Å². The van der Waals surface area contributed by atoms with Gasteiger partial charge in [-0.15, -0.1) is 11.3 Å². The average Bonchev–Trinajstić information content (AvgIpc) is 3.19. The molecule has 5 unspecified atom stereocenters. The number of ether oxygens (including phenoxy) is 1. The number of thiazole rings is 1. The zero-order chi connectivity index (χ0) is 24.9. The fraction of sp³-hybridized carbons (Fsp3) is 0.800. The summed E-state index contributed by atoms with van der Waals surface area (Å²) < 4.78 is 5.42. The predicted octanol–water partition coefficient (Wildman–Crippen LogP) is 2.79. The summed E-state index contributed by atoms with van der Waals surface area (Å²) in [7, 11) is 0. The van der Waals surface area contributed by atoms with Crippen molar-refractivity contribution in [3.63, 3.8) is 0 Å². The van der Waals surface area contributed by atoms with Gasteiger partial charge in [0.15, 0.2) is 5.13 Å². The van der Waals surface area contributed by atoms with E-state index in [1.54, 1.807) is 0 Å². The van der Waals surface area contributed by atoms with Crippen molar-refractivity contribution in [1.29, 1.82) is 0 Å². The fourth-order valence-corrected chi connectivity index (χ4v) is 7.16. The van der Waals surface area contributed by atoms with Gasteiger partial charge in [-0.05, 0) is 30.6 Å². The first-order valence-corrected chi connectivity index (χ1v) is 13.2. The monoisotopic (exact) mass is 493 g/mol. The highest BCUT2D eigenvalue weighted by Crippen LogP contribution is 2.63. The smallest absolute Gasteiger partial charge is 0.231 e. The van der Waals surface area contributed by atoms with Gasteiger partial charge in [0.1, 0.15) is 0 Å². The summed E-state index contributed by atoms with van der Waals surface area (Å²) in [5.74, 6) is -0.160. The summed E-state index contributed by atoms with van der Waals surface area (Å²) in [4.78, 5) is 33.8. The summed E-state index contributed by atoms with van der Waals surface area (Å²) in [5, 5.41) is 24.8. The number of morpholine rings is 1. The van der Waals surface area contributed by atoms with Gasteiger partial charge in [-0.1, -0.05) is 34.6 Å². The number of aromatic nitrogens is 1. The number of carbonyl (C=O) groups excluding carboxylic acids is 2. The quantitative estimate of drug-likeness (QED) is 0.595. The average molecular weight is 494 g/mol. The number of nitrogens with zero attached hydrogens (tertiary/aromatic N) is 2. The second-order valence-corrected chi connectivity index (χ2v) is 12.8. The molecule has 1 saturated heterocycles. The highest BCUT2D eigenvalue weighted by Gasteiger charge is 2.59. The van der Waals surface area contributed by atoms with Gasteiger partial charge in [-0.2, -0.15) is 0 Å². The number of aliphatic hydroxyl groups excluding tert-OH is 2. The number of amides is 2. The molecule has 1 aromatic heterocycles. The molecule has 3 N–H and O–H groups in total. The SMILES string of the molecule is CC(C)(C)C(=O)Nc1nc2c(s1)CC1C(C)(CO)C(O)CCC1(C)C2CC(=O)N1CCOCC1. The first-order chi connectivity index (χ1) is 15.9. The maximum absolute atomic E-state index is 13.4. The van der Waals surface area contributed by atoms with Gasteiger partial charge in [0.05, 0.1) is 31.6 Å². The van der Waals surface area contributed by atoms with Gasteiger partial charge in [0, 0.05) is 41.1 Å². The van der Waals surface area contributed by atoms with Crippen LogP contribution in [-0.4, -0.2) is 70.9 Å². The molecule has 3 aliphatic rings. The zero-order valence-corrected chi connectivity index (χ0v) is 21.8. The molecule has 9 heteroatoms. The Hall–Kier alpha value is -1.55. The Kier molecular flexibility index (Phi) is 6.87. The van der Waals surface area contributed by atoms with E-state index in [0.717, 1.165) is 17.0 Å². The van der Waals surface area contributed by atoms with Gasteiger partial charge in [0.2, 0.25) is 11.8 Å². The molecule has 0 bridgehead atoms. The summed E-state index contributed by atoms with van der Waals surface area (Å²) in [6, 6.07) is 0. The summed E-state index contributed by atoms with van der Waals surface area (Å²) >= 11 is 1.46. The van der Waals surface area contributed by atoms with Crippen LogP contribution in [0.25, 0.3) is 0 Å². The Morgan fingerprint density at radius 2 is 1.94 bits per heavy atom. The van der Waals surface area contributed by atoms with Crippen molar-refractivity contribution in [2.75, 3.05) is 38.2 Å². The summed E-state index contributed by atoms with van der Waals surface area (Å²) in [6.45, 7) is 11.9. The molecule has 2 aliphatic carbocycles. The van der Waals surface area contributed by atoms with Gasteiger partial charge in [0.25, 0.3) is 0 Å². The first-order valence-electron chi connectivity index (χ1n) is 12.4. The number of hydrogen-bond donors (Lipinski definition) is 3. The third-order valence-corrected chi connectivity index (χ3v) is 9.55. The molecular weight excluding hydrogens is 454 g/mol. The molecule has 1 saturated carbocycles. The lowest BCUT2D eigenvalue weighted by Crippen LogP contribution is -2.58. The second-order valence-electron chi connectivity index (χ2n) is 11.8. The number of nitrogens with one attached hydrogen (secondary N) is 1. The molecule has 0 radical (unpaired) electrons. The van der Waals surface area contributed by atoms with E-state index < -0.39 is 16.9 Å². The van der Waals surface area contributed by atoms with Crippen LogP contribution in [0.3, 0.4) is 0 Å². The number of carbonyl (C=O) groups is 2. The van der Waals surface area contributed by atoms with E-state index in [1.807, 2.05) is 32.6 Å². The molecule has 1 aliphatic heterocycles. The van der Waals surface area contributed by atoms with E-state index in [2.05, 4.69) is 12.2 Å². The van der Waals surface area contributed by atoms with Crippen LogP contribution >= 0.6 is 11.3 Å². The topological polar surface area (TPSA) is 112 Å². The molecule has 190 valence electrons. The van der Waals surface area contributed by atoms with E-state index in [4.69, 9.17) is 9.72 Å². The third-order valence-electron chi connectivity index (χ3n) is 8.54. The lowest BCUT2D eigenvalue weighted by Gasteiger charge is -2.58. The predicted molar refractivity (Wildman–Crippen MR) is 131 cm³/mol.